The number of primary amides is 1. The van der Waals surface area contributed by atoms with Crippen LogP contribution in [0, 0.1) is 5.41 Å². The fraction of sp³-hybridized carbons (Fsp3) is 0.929. The number of rotatable bonds is 5. The van der Waals surface area contributed by atoms with Crippen molar-refractivity contribution in [1.82, 2.24) is 10.2 Å². The van der Waals surface area contributed by atoms with Crippen molar-refractivity contribution in [1.29, 1.82) is 0 Å². The largest absolute Gasteiger partial charge is 0.368 e. The zero-order valence-electron chi connectivity index (χ0n) is 12.5. The van der Waals surface area contributed by atoms with Gasteiger partial charge in [-0.2, -0.15) is 0 Å². The van der Waals surface area contributed by atoms with Crippen molar-refractivity contribution in [2.45, 2.75) is 59.0 Å². The predicted octanol–water partition coefficient (Wildman–Crippen LogP) is 1.35. The molecule has 0 aromatic carbocycles. The minimum atomic E-state index is -0.629. The second-order valence-electron chi connectivity index (χ2n) is 6.94. The summed E-state index contributed by atoms with van der Waals surface area (Å²) in [5.41, 5.74) is 5.37. The predicted molar refractivity (Wildman–Crippen MR) is 75.3 cm³/mol. The van der Waals surface area contributed by atoms with Crippen LogP contribution in [0.3, 0.4) is 0 Å². The van der Waals surface area contributed by atoms with Crippen molar-refractivity contribution in [3.8, 4) is 0 Å². The molecule has 4 heteroatoms. The molecule has 1 amide bonds. The van der Waals surface area contributed by atoms with E-state index in [0.29, 0.717) is 12.0 Å². The molecule has 106 valence electrons. The first kappa shape index (κ1) is 15.4. The summed E-state index contributed by atoms with van der Waals surface area (Å²) in [5.74, 6) is -0.263. The first-order chi connectivity index (χ1) is 8.15. The summed E-state index contributed by atoms with van der Waals surface area (Å²) in [6.45, 7) is 13.4. The molecule has 4 nitrogen and oxygen atoms in total. The average Bonchev–Trinajstić information content (AvgIpc) is 2.20. The summed E-state index contributed by atoms with van der Waals surface area (Å²) in [7, 11) is 0. The van der Waals surface area contributed by atoms with Crippen LogP contribution in [0.2, 0.25) is 0 Å². The molecule has 18 heavy (non-hydrogen) atoms. The highest BCUT2D eigenvalue weighted by Crippen LogP contribution is 2.30. The van der Waals surface area contributed by atoms with Crippen LogP contribution >= 0.6 is 0 Å². The summed E-state index contributed by atoms with van der Waals surface area (Å²) >= 11 is 0. The van der Waals surface area contributed by atoms with Gasteiger partial charge >= 0.3 is 0 Å². The van der Waals surface area contributed by atoms with Crippen molar-refractivity contribution >= 4 is 5.91 Å². The van der Waals surface area contributed by atoms with Crippen LogP contribution in [-0.2, 0) is 4.79 Å². The number of hydrogen-bond acceptors (Lipinski definition) is 3. The number of nitrogens with zero attached hydrogens (tertiary/aromatic N) is 1. The number of hydrogen-bond donors (Lipinski definition) is 2. The van der Waals surface area contributed by atoms with Crippen molar-refractivity contribution in [2.75, 3.05) is 19.6 Å². The molecule has 0 aromatic rings. The van der Waals surface area contributed by atoms with Crippen LogP contribution < -0.4 is 11.1 Å². The Morgan fingerprint density at radius 1 is 1.39 bits per heavy atom. The lowest BCUT2D eigenvalue weighted by Gasteiger charge is -2.41. The van der Waals surface area contributed by atoms with Crippen LogP contribution in [0.15, 0.2) is 0 Å². The molecule has 1 rings (SSSR count). The van der Waals surface area contributed by atoms with E-state index in [9.17, 15) is 4.79 Å². The molecule has 1 unspecified atom stereocenters. The number of nitrogens with one attached hydrogen (secondary N) is 1. The van der Waals surface area contributed by atoms with Gasteiger partial charge in [-0.3, -0.25) is 4.79 Å². The van der Waals surface area contributed by atoms with Crippen LogP contribution in [0.25, 0.3) is 0 Å². The van der Waals surface area contributed by atoms with E-state index in [4.69, 9.17) is 5.73 Å². The molecule has 0 saturated carbocycles. The van der Waals surface area contributed by atoms with Gasteiger partial charge in [0.25, 0.3) is 0 Å². The maximum atomic E-state index is 11.7. The minimum absolute atomic E-state index is 0.253. The SMILES string of the molecule is CC(C)NC(C)(CN1CCC(C)(C)CC1)C(N)=O. The lowest BCUT2D eigenvalue weighted by Crippen LogP contribution is -2.62. The van der Waals surface area contributed by atoms with Gasteiger partial charge in [0, 0.05) is 12.6 Å². The molecule has 0 aliphatic carbocycles. The average molecular weight is 255 g/mol. The Labute approximate surface area is 111 Å². The molecular formula is C14H29N3O. The Balaban J connectivity index is 2.60. The van der Waals surface area contributed by atoms with Crippen molar-refractivity contribution < 1.29 is 4.79 Å². The van der Waals surface area contributed by atoms with Gasteiger partial charge in [-0.1, -0.05) is 13.8 Å². The third kappa shape index (κ3) is 4.25. The zero-order valence-corrected chi connectivity index (χ0v) is 12.5. The standard InChI is InChI=1S/C14H29N3O/c1-11(2)16-14(5,12(15)18)10-17-8-6-13(3,4)7-9-17/h11,16H,6-10H2,1-5H3,(H2,15,18). The Bertz CT molecular complexity index is 291. The van der Waals surface area contributed by atoms with Gasteiger partial charge in [0.15, 0.2) is 0 Å². The molecule has 1 aliphatic heterocycles. The first-order valence-electron chi connectivity index (χ1n) is 6.95. The number of amides is 1. The van der Waals surface area contributed by atoms with E-state index < -0.39 is 5.54 Å². The Kier molecular flexibility index (Phi) is 4.78. The fourth-order valence-corrected chi connectivity index (χ4v) is 2.60. The van der Waals surface area contributed by atoms with Crippen molar-refractivity contribution in [3.05, 3.63) is 0 Å². The molecule has 1 atom stereocenters. The fourth-order valence-electron chi connectivity index (χ4n) is 2.60. The van der Waals surface area contributed by atoms with Gasteiger partial charge in [0.1, 0.15) is 5.54 Å². The summed E-state index contributed by atoms with van der Waals surface area (Å²) in [4.78, 5) is 14.0. The molecule has 0 spiro atoms. The quantitative estimate of drug-likeness (QED) is 0.779. The molecule has 0 radical (unpaired) electrons. The lowest BCUT2D eigenvalue weighted by molar-refractivity contribution is -0.125. The highest BCUT2D eigenvalue weighted by Gasteiger charge is 2.35. The van der Waals surface area contributed by atoms with Crippen LogP contribution in [0.5, 0.6) is 0 Å². The topological polar surface area (TPSA) is 58.4 Å². The van der Waals surface area contributed by atoms with E-state index in [1.54, 1.807) is 0 Å². The van der Waals surface area contributed by atoms with Gasteiger partial charge in [0.2, 0.25) is 5.91 Å². The van der Waals surface area contributed by atoms with Gasteiger partial charge in [-0.15, -0.1) is 0 Å². The summed E-state index contributed by atoms with van der Waals surface area (Å²) in [5, 5.41) is 3.31. The third-order valence-electron chi connectivity index (χ3n) is 3.90. The molecular weight excluding hydrogens is 226 g/mol. The van der Waals surface area contributed by atoms with E-state index in [1.807, 2.05) is 20.8 Å². The van der Waals surface area contributed by atoms with Gasteiger partial charge in [0.05, 0.1) is 0 Å². The molecule has 0 bridgehead atoms. The smallest absolute Gasteiger partial charge is 0.238 e. The van der Waals surface area contributed by atoms with Crippen molar-refractivity contribution in [3.63, 3.8) is 0 Å². The molecule has 1 saturated heterocycles. The Hall–Kier alpha value is -0.610. The minimum Gasteiger partial charge on any atom is -0.368 e. The Morgan fingerprint density at radius 3 is 2.28 bits per heavy atom. The van der Waals surface area contributed by atoms with E-state index >= 15 is 0 Å². The second-order valence-corrected chi connectivity index (χ2v) is 6.94. The molecule has 0 aromatic heterocycles. The van der Waals surface area contributed by atoms with E-state index in [1.165, 1.54) is 12.8 Å². The van der Waals surface area contributed by atoms with Gasteiger partial charge in [-0.25, -0.2) is 0 Å². The number of carbonyl (C=O) groups is 1. The molecule has 1 fully saturated rings. The number of piperidine rings is 1. The Morgan fingerprint density at radius 2 is 1.89 bits per heavy atom. The molecule has 1 aliphatic rings. The highest BCUT2D eigenvalue weighted by molar-refractivity contribution is 5.84. The number of nitrogens with two attached hydrogens (primary N) is 1. The van der Waals surface area contributed by atoms with E-state index in [-0.39, 0.29) is 11.9 Å². The highest BCUT2D eigenvalue weighted by atomic mass is 16.1. The molecule has 1 heterocycles. The van der Waals surface area contributed by atoms with Crippen LogP contribution in [-0.4, -0.2) is 42.0 Å². The zero-order chi connectivity index (χ0) is 14.0. The van der Waals surface area contributed by atoms with E-state index in [0.717, 1.165) is 13.1 Å². The van der Waals surface area contributed by atoms with Gasteiger partial charge in [-0.05, 0) is 52.1 Å². The van der Waals surface area contributed by atoms with E-state index in [2.05, 4.69) is 24.1 Å². The van der Waals surface area contributed by atoms with Crippen LogP contribution in [0.1, 0.15) is 47.5 Å². The first-order valence-corrected chi connectivity index (χ1v) is 6.95. The molecule has 3 N–H and O–H groups in total. The number of carbonyl (C=O) groups excluding carboxylic acids is 1. The van der Waals surface area contributed by atoms with Gasteiger partial charge < -0.3 is 16.0 Å². The monoisotopic (exact) mass is 255 g/mol. The van der Waals surface area contributed by atoms with Crippen molar-refractivity contribution in [2.24, 2.45) is 11.1 Å². The summed E-state index contributed by atoms with van der Waals surface area (Å²) in [6, 6.07) is 0.253. The summed E-state index contributed by atoms with van der Waals surface area (Å²) < 4.78 is 0. The maximum Gasteiger partial charge on any atom is 0.238 e. The third-order valence-corrected chi connectivity index (χ3v) is 3.90. The normalized spacial score (nSPS) is 23.9. The number of likely N-dealkylation sites (tertiary alicyclic amines) is 1. The maximum absolute atomic E-state index is 11.7. The van der Waals surface area contributed by atoms with Crippen LogP contribution in [0.4, 0.5) is 0 Å². The summed E-state index contributed by atoms with van der Waals surface area (Å²) in [6.07, 6.45) is 2.37. The second kappa shape index (κ2) is 5.57. The lowest BCUT2D eigenvalue weighted by atomic mass is 9.82.